The number of halogens is 3. The first-order valence-corrected chi connectivity index (χ1v) is 15.2. The van der Waals surface area contributed by atoms with Crippen LogP contribution in [0.1, 0.15) is 84.3 Å². The molecule has 4 nitrogen and oxygen atoms in total. The minimum absolute atomic E-state index is 0.0352. The molecule has 0 aromatic heterocycles. The van der Waals surface area contributed by atoms with E-state index < -0.39 is 41.5 Å². The Labute approximate surface area is 265 Å². The first-order valence-electron chi connectivity index (χ1n) is 15.2. The van der Waals surface area contributed by atoms with Crippen molar-refractivity contribution in [2.45, 2.75) is 85.5 Å². The molecule has 4 rings (SSSR count). The topological polar surface area (TPSA) is 52.6 Å². The van der Waals surface area contributed by atoms with Gasteiger partial charge in [-0.25, -0.2) is 22.8 Å². The van der Waals surface area contributed by atoms with Crippen molar-refractivity contribution < 1.29 is 32.2 Å². The van der Waals surface area contributed by atoms with Crippen LogP contribution in [0.25, 0.3) is 0 Å². The lowest BCUT2D eigenvalue weighted by molar-refractivity contribution is -0.140. The van der Waals surface area contributed by atoms with Crippen LogP contribution >= 0.6 is 0 Å². The van der Waals surface area contributed by atoms with Gasteiger partial charge >= 0.3 is 11.9 Å². The molecule has 2 aromatic rings. The van der Waals surface area contributed by atoms with Crippen molar-refractivity contribution in [3.8, 4) is 0 Å². The predicted molar refractivity (Wildman–Crippen MR) is 173 cm³/mol. The third-order valence-electron chi connectivity index (χ3n) is 9.11. The molecule has 7 heteroatoms. The number of alkyl halides is 2. The maximum atomic E-state index is 15.3. The van der Waals surface area contributed by atoms with Crippen LogP contribution < -0.4 is 0 Å². The van der Waals surface area contributed by atoms with Crippen molar-refractivity contribution in [2.24, 2.45) is 5.41 Å². The van der Waals surface area contributed by atoms with Crippen molar-refractivity contribution in [2.75, 3.05) is 14.2 Å². The molecule has 0 radical (unpaired) electrons. The van der Waals surface area contributed by atoms with Gasteiger partial charge in [0.05, 0.1) is 37.2 Å². The number of carbonyl (C=O) groups excluding carboxylic acids is 2. The second-order valence-corrected chi connectivity index (χ2v) is 12.6. The van der Waals surface area contributed by atoms with E-state index in [4.69, 9.17) is 9.47 Å². The molecule has 2 aliphatic rings. The SMILES string of the molecule is CC(C)=C1CC(F)C(c2ccccc2)C(F)=C(C)C1(C)C.COC(=O)C1=C(C(=O)OC)[C@@H](c2ccccc2)[C@H](F)C(=C(C)C)C1. The number of benzene rings is 2. The third-order valence-corrected chi connectivity index (χ3v) is 9.11. The van der Waals surface area contributed by atoms with Crippen LogP contribution in [-0.4, -0.2) is 38.5 Å². The number of ether oxygens (including phenoxy) is 2. The number of allylic oxidation sites excluding steroid dienone is 6. The first-order chi connectivity index (χ1) is 21.2. The van der Waals surface area contributed by atoms with Crippen molar-refractivity contribution in [1.29, 1.82) is 0 Å². The summed E-state index contributed by atoms with van der Waals surface area (Å²) in [5.41, 5.74) is 5.12. The van der Waals surface area contributed by atoms with E-state index in [0.29, 0.717) is 28.7 Å². The highest BCUT2D eigenvalue weighted by molar-refractivity contribution is 6.02. The van der Waals surface area contributed by atoms with Crippen LogP contribution in [-0.2, 0) is 19.1 Å². The molecule has 2 unspecified atom stereocenters. The average Bonchev–Trinajstić information content (AvgIpc) is 3.09. The highest BCUT2D eigenvalue weighted by Gasteiger charge is 2.43. The zero-order chi connectivity index (χ0) is 33.6. The van der Waals surface area contributed by atoms with Crippen LogP contribution in [0.15, 0.2) is 106 Å². The van der Waals surface area contributed by atoms with E-state index in [2.05, 4.69) is 0 Å². The number of rotatable bonds is 4. The van der Waals surface area contributed by atoms with Gasteiger partial charge in [0.15, 0.2) is 0 Å². The smallest absolute Gasteiger partial charge is 0.335 e. The van der Waals surface area contributed by atoms with Gasteiger partial charge in [-0.15, -0.1) is 0 Å². The fourth-order valence-electron chi connectivity index (χ4n) is 6.36. The number of methoxy groups -OCH3 is 2. The quantitative estimate of drug-likeness (QED) is 0.252. The van der Waals surface area contributed by atoms with Gasteiger partial charge in [0.2, 0.25) is 0 Å². The standard InChI is InChI=1S/C19H24F2.C19H21FO4/c1-12(2)15-11-16(20)17(14-9-7-6-8-10-14)18(21)13(3)19(15,4)5;1-11(2)13-10-14(18(21)23-3)16(19(22)24-4)15(17(13)20)12-8-6-5-7-9-12/h6-10,16-17H,11H2,1-5H3;5-9,15,17H,10H2,1-4H3/t;15-,17-/m.1/s1. The molecule has 4 atom stereocenters. The Morgan fingerprint density at radius 3 is 1.71 bits per heavy atom. The average molecular weight is 623 g/mol. The minimum atomic E-state index is -1.40. The van der Waals surface area contributed by atoms with Crippen molar-refractivity contribution in [1.82, 2.24) is 0 Å². The second-order valence-electron chi connectivity index (χ2n) is 12.6. The summed E-state index contributed by atoms with van der Waals surface area (Å²) >= 11 is 0. The lowest BCUT2D eigenvalue weighted by atomic mass is 9.74. The monoisotopic (exact) mass is 622 g/mol. The van der Waals surface area contributed by atoms with Crippen molar-refractivity contribution >= 4 is 11.9 Å². The van der Waals surface area contributed by atoms with Crippen molar-refractivity contribution in [3.05, 3.63) is 117 Å². The molecule has 0 saturated carbocycles. The first kappa shape index (κ1) is 35.6. The molecule has 0 heterocycles. The van der Waals surface area contributed by atoms with Crippen LogP contribution in [0.5, 0.6) is 0 Å². The second kappa shape index (κ2) is 14.9. The Hall–Kier alpha value is -3.87. The largest absolute Gasteiger partial charge is 0.466 e. The van der Waals surface area contributed by atoms with E-state index in [-0.39, 0.29) is 23.4 Å². The van der Waals surface area contributed by atoms with E-state index in [1.165, 1.54) is 14.2 Å². The Morgan fingerprint density at radius 2 is 1.27 bits per heavy atom. The Kier molecular flexibility index (Phi) is 11.8. The lowest BCUT2D eigenvalue weighted by Crippen LogP contribution is -2.32. The Morgan fingerprint density at radius 1 is 0.778 bits per heavy atom. The summed E-state index contributed by atoms with van der Waals surface area (Å²) in [5.74, 6) is -3.34. The van der Waals surface area contributed by atoms with Gasteiger partial charge in [-0.05, 0) is 56.9 Å². The maximum absolute atomic E-state index is 15.3. The summed E-state index contributed by atoms with van der Waals surface area (Å²) in [6, 6.07) is 18.0. The van der Waals surface area contributed by atoms with E-state index in [0.717, 1.165) is 16.7 Å². The normalized spacial score (nSPS) is 23.0. The van der Waals surface area contributed by atoms with Crippen LogP contribution in [0.3, 0.4) is 0 Å². The maximum Gasteiger partial charge on any atom is 0.335 e. The number of carbonyl (C=O) groups is 2. The zero-order valence-corrected chi connectivity index (χ0v) is 27.8. The third kappa shape index (κ3) is 7.51. The fraction of sp³-hybridized carbons (Fsp3) is 0.421. The molecule has 0 fully saturated rings. The number of esters is 2. The lowest BCUT2D eigenvalue weighted by Gasteiger charge is -2.32. The molecule has 242 valence electrons. The molecular formula is C38H45F3O4. The predicted octanol–water partition coefficient (Wildman–Crippen LogP) is 9.61. The van der Waals surface area contributed by atoms with Gasteiger partial charge in [0, 0.05) is 18.3 Å². The van der Waals surface area contributed by atoms with Gasteiger partial charge < -0.3 is 9.47 Å². The summed E-state index contributed by atoms with van der Waals surface area (Å²) in [4.78, 5) is 24.5. The van der Waals surface area contributed by atoms with Crippen LogP contribution in [0, 0.1) is 5.41 Å². The molecule has 0 aliphatic heterocycles. The Balaban J connectivity index is 0.000000248. The molecule has 2 aromatic carbocycles. The van der Waals surface area contributed by atoms with Gasteiger partial charge in [-0.3, -0.25) is 0 Å². The molecule has 0 amide bonds. The van der Waals surface area contributed by atoms with E-state index in [1.54, 1.807) is 45.0 Å². The van der Waals surface area contributed by atoms with Crippen LogP contribution in [0.2, 0.25) is 0 Å². The molecule has 45 heavy (non-hydrogen) atoms. The van der Waals surface area contributed by atoms with Gasteiger partial charge in [0.25, 0.3) is 0 Å². The molecular weight excluding hydrogens is 577 g/mol. The molecule has 0 bridgehead atoms. The minimum Gasteiger partial charge on any atom is -0.466 e. The number of hydrogen-bond donors (Lipinski definition) is 0. The van der Waals surface area contributed by atoms with Gasteiger partial charge in [-0.2, -0.15) is 0 Å². The van der Waals surface area contributed by atoms with Crippen molar-refractivity contribution in [3.63, 3.8) is 0 Å². The summed E-state index contributed by atoms with van der Waals surface area (Å²) in [5, 5.41) is 0. The van der Waals surface area contributed by atoms with E-state index >= 15 is 4.39 Å². The van der Waals surface area contributed by atoms with Gasteiger partial charge in [-0.1, -0.05) is 91.2 Å². The van der Waals surface area contributed by atoms with Gasteiger partial charge in [0.1, 0.15) is 18.2 Å². The molecule has 0 saturated heterocycles. The highest BCUT2D eigenvalue weighted by atomic mass is 19.1. The Bertz CT molecular complexity index is 1510. The molecule has 0 spiro atoms. The number of hydrogen-bond acceptors (Lipinski definition) is 4. The highest BCUT2D eigenvalue weighted by Crippen LogP contribution is 2.49. The molecule has 2 aliphatic carbocycles. The van der Waals surface area contributed by atoms with E-state index in [9.17, 15) is 18.4 Å². The summed E-state index contributed by atoms with van der Waals surface area (Å²) in [7, 11) is 2.46. The summed E-state index contributed by atoms with van der Waals surface area (Å²) in [6.07, 6.45) is -2.29. The van der Waals surface area contributed by atoms with Crippen LogP contribution in [0.4, 0.5) is 13.2 Å². The zero-order valence-electron chi connectivity index (χ0n) is 27.8. The fourth-order valence-corrected chi connectivity index (χ4v) is 6.36. The van der Waals surface area contributed by atoms with E-state index in [1.807, 2.05) is 64.1 Å². The summed E-state index contributed by atoms with van der Waals surface area (Å²) in [6.45, 7) is 13.3. The summed E-state index contributed by atoms with van der Waals surface area (Å²) < 4.78 is 54.8. The molecule has 0 N–H and O–H groups in total.